The lowest BCUT2D eigenvalue weighted by Crippen LogP contribution is -2.34. The number of hydrogen-bond acceptors (Lipinski definition) is 3. The summed E-state index contributed by atoms with van der Waals surface area (Å²) in [5.74, 6) is -1.05. The first kappa shape index (κ1) is 17.2. The van der Waals surface area contributed by atoms with E-state index in [-0.39, 0.29) is 23.5 Å². The van der Waals surface area contributed by atoms with Crippen LogP contribution in [0.5, 0.6) is 0 Å². The molecule has 4 amide bonds. The summed E-state index contributed by atoms with van der Waals surface area (Å²) >= 11 is 0. The highest BCUT2D eigenvalue weighted by atomic mass is 16.2. The summed E-state index contributed by atoms with van der Waals surface area (Å²) in [6.45, 7) is 4.21. The molecule has 1 aromatic carbocycles. The number of hydrogen-bond donors (Lipinski definition) is 3. The molecule has 5 N–H and O–H groups in total. The number of imide groups is 1. The molecule has 126 valence electrons. The maximum atomic E-state index is 12.2. The number of benzene rings is 1. The third-order valence-electron chi connectivity index (χ3n) is 3.21. The fourth-order valence-electron chi connectivity index (χ4n) is 2.17. The Bertz CT molecular complexity index is 731. The lowest BCUT2D eigenvalue weighted by atomic mass is 10.1. The van der Waals surface area contributed by atoms with Gasteiger partial charge in [0.15, 0.2) is 5.96 Å². The minimum atomic E-state index is -0.553. The van der Waals surface area contributed by atoms with Gasteiger partial charge in [0.1, 0.15) is 5.70 Å². The lowest BCUT2D eigenvalue weighted by molar-refractivity contribution is -0.123. The van der Waals surface area contributed by atoms with Crippen LogP contribution in [0.15, 0.2) is 35.0 Å². The Hall–Kier alpha value is -3.16. The molecule has 8 nitrogen and oxygen atoms in total. The number of aliphatic imine (C=N–C) groups is 1. The second-order valence-electron chi connectivity index (χ2n) is 5.76. The number of nitrogens with two attached hydrogens (primary N) is 2. The van der Waals surface area contributed by atoms with Gasteiger partial charge in [-0.05, 0) is 29.7 Å². The molecule has 0 saturated carbocycles. The van der Waals surface area contributed by atoms with E-state index in [1.54, 1.807) is 18.2 Å². The van der Waals surface area contributed by atoms with Gasteiger partial charge in [0.05, 0.1) is 0 Å². The van der Waals surface area contributed by atoms with E-state index in [1.165, 1.54) is 17.0 Å². The lowest BCUT2D eigenvalue weighted by Gasteiger charge is -2.13. The summed E-state index contributed by atoms with van der Waals surface area (Å²) in [5, 5.41) is 2.55. The Balaban J connectivity index is 2.17. The first-order chi connectivity index (χ1) is 11.3. The van der Waals surface area contributed by atoms with Crippen molar-refractivity contribution in [1.29, 1.82) is 0 Å². The Morgan fingerprint density at radius 1 is 1.25 bits per heavy atom. The van der Waals surface area contributed by atoms with Gasteiger partial charge in [-0.2, -0.15) is 4.99 Å². The Morgan fingerprint density at radius 3 is 2.42 bits per heavy atom. The molecule has 0 spiro atoms. The molecule has 1 heterocycles. The quantitative estimate of drug-likeness (QED) is 0.323. The summed E-state index contributed by atoms with van der Waals surface area (Å²) in [5.41, 5.74) is 11.5. The summed E-state index contributed by atoms with van der Waals surface area (Å²) in [4.78, 5) is 40.3. The average molecular weight is 329 g/mol. The summed E-state index contributed by atoms with van der Waals surface area (Å²) in [7, 11) is 0. The third kappa shape index (κ3) is 3.97. The van der Waals surface area contributed by atoms with Gasteiger partial charge in [0.25, 0.3) is 11.8 Å². The first-order valence-electron chi connectivity index (χ1n) is 7.36. The number of carbonyl (C=O) groups excluding carboxylic acids is 3. The van der Waals surface area contributed by atoms with Crippen LogP contribution in [0, 0.1) is 5.92 Å². The molecule has 0 unspecified atom stereocenters. The molecule has 1 aliphatic rings. The second-order valence-corrected chi connectivity index (χ2v) is 5.76. The van der Waals surface area contributed by atoms with Gasteiger partial charge in [0.2, 0.25) is 0 Å². The van der Waals surface area contributed by atoms with Crippen molar-refractivity contribution in [2.75, 3.05) is 6.54 Å². The molecule has 1 fully saturated rings. The number of urea groups is 1. The zero-order chi connectivity index (χ0) is 17.9. The number of nitrogens with zero attached hydrogens (tertiary/aromatic N) is 2. The molecule has 2 rings (SSSR count). The van der Waals surface area contributed by atoms with Crippen molar-refractivity contribution in [1.82, 2.24) is 10.2 Å². The van der Waals surface area contributed by atoms with E-state index in [9.17, 15) is 14.4 Å². The van der Waals surface area contributed by atoms with Gasteiger partial charge in [-0.15, -0.1) is 0 Å². The van der Waals surface area contributed by atoms with E-state index in [2.05, 4.69) is 10.3 Å². The van der Waals surface area contributed by atoms with Crippen molar-refractivity contribution in [2.24, 2.45) is 22.4 Å². The third-order valence-corrected chi connectivity index (χ3v) is 3.21. The average Bonchev–Trinajstić information content (AvgIpc) is 2.74. The molecule has 1 aromatic rings. The maximum Gasteiger partial charge on any atom is 0.329 e. The summed E-state index contributed by atoms with van der Waals surface area (Å²) in [6, 6.07) is 5.90. The fraction of sp³-hybridized carbons (Fsp3) is 0.250. The largest absolute Gasteiger partial charge is 0.370 e. The predicted octanol–water partition coefficient (Wildman–Crippen LogP) is 0.649. The zero-order valence-electron chi connectivity index (χ0n) is 13.4. The SMILES string of the molecule is CC(C)CN1C(=O)N/C(=C\c2ccc(C(=O)N=C(N)N)cc2)C1=O. The highest BCUT2D eigenvalue weighted by Crippen LogP contribution is 2.16. The molecule has 0 aromatic heterocycles. The Labute approximate surface area is 139 Å². The highest BCUT2D eigenvalue weighted by molar-refractivity contribution is 6.14. The minimum absolute atomic E-state index is 0.180. The second kappa shape index (κ2) is 6.95. The van der Waals surface area contributed by atoms with Gasteiger partial charge in [-0.25, -0.2) is 4.79 Å². The van der Waals surface area contributed by atoms with Crippen LogP contribution in [0.4, 0.5) is 4.79 Å². The number of carbonyl (C=O) groups is 3. The van der Waals surface area contributed by atoms with Crippen LogP contribution in [0.3, 0.4) is 0 Å². The molecular formula is C16H19N5O3. The van der Waals surface area contributed by atoms with Crippen LogP contribution in [0.25, 0.3) is 6.08 Å². The van der Waals surface area contributed by atoms with Gasteiger partial charge >= 0.3 is 6.03 Å². The van der Waals surface area contributed by atoms with E-state index in [0.29, 0.717) is 17.7 Å². The molecule has 1 saturated heterocycles. The van der Waals surface area contributed by atoms with Gasteiger partial charge in [-0.1, -0.05) is 26.0 Å². The van der Waals surface area contributed by atoms with Crippen LogP contribution >= 0.6 is 0 Å². The molecular weight excluding hydrogens is 310 g/mol. The van der Waals surface area contributed by atoms with Crippen molar-refractivity contribution in [3.63, 3.8) is 0 Å². The summed E-state index contributed by atoms with van der Waals surface area (Å²) in [6.07, 6.45) is 1.55. The molecule has 0 bridgehead atoms. The van der Waals surface area contributed by atoms with Crippen molar-refractivity contribution in [3.05, 3.63) is 41.1 Å². The smallest absolute Gasteiger partial charge is 0.329 e. The van der Waals surface area contributed by atoms with Gasteiger partial charge in [0, 0.05) is 12.1 Å². The van der Waals surface area contributed by atoms with Crippen LogP contribution in [-0.4, -0.2) is 35.2 Å². The van der Waals surface area contributed by atoms with Crippen LogP contribution < -0.4 is 16.8 Å². The Kier molecular flexibility index (Phi) is 4.98. The molecule has 24 heavy (non-hydrogen) atoms. The van der Waals surface area contributed by atoms with Crippen molar-refractivity contribution >= 4 is 29.9 Å². The highest BCUT2D eigenvalue weighted by Gasteiger charge is 2.33. The summed E-state index contributed by atoms with van der Waals surface area (Å²) < 4.78 is 0. The number of nitrogens with one attached hydrogen (secondary N) is 1. The van der Waals surface area contributed by atoms with E-state index in [0.717, 1.165) is 0 Å². The zero-order valence-corrected chi connectivity index (χ0v) is 13.4. The predicted molar refractivity (Wildman–Crippen MR) is 89.6 cm³/mol. The number of amides is 4. The van der Waals surface area contributed by atoms with E-state index >= 15 is 0 Å². The first-order valence-corrected chi connectivity index (χ1v) is 7.36. The normalized spacial score (nSPS) is 15.8. The Morgan fingerprint density at radius 2 is 1.88 bits per heavy atom. The monoisotopic (exact) mass is 329 g/mol. The molecule has 8 heteroatoms. The fourth-order valence-corrected chi connectivity index (χ4v) is 2.17. The molecule has 0 aliphatic carbocycles. The maximum absolute atomic E-state index is 12.2. The number of rotatable bonds is 4. The van der Waals surface area contributed by atoms with E-state index in [1.807, 2.05) is 13.8 Å². The van der Waals surface area contributed by atoms with Crippen LogP contribution in [0.2, 0.25) is 0 Å². The van der Waals surface area contributed by atoms with Crippen molar-refractivity contribution in [3.8, 4) is 0 Å². The molecule has 0 radical (unpaired) electrons. The van der Waals surface area contributed by atoms with Crippen molar-refractivity contribution in [2.45, 2.75) is 13.8 Å². The van der Waals surface area contributed by atoms with Gasteiger partial charge in [-0.3, -0.25) is 14.5 Å². The molecule has 0 atom stereocenters. The van der Waals surface area contributed by atoms with Crippen LogP contribution in [0.1, 0.15) is 29.8 Å². The minimum Gasteiger partial charge on any atom is -0.370 e. The molecule has 1 aliphatic heterocycles. The van der Waals surface area contributed by atoms with Crippen molar-refractivity contribution < 1.29 is 14.4 Å². The van der Waals surface area contributed by atoms with E-state index < -0.39 is 11.9 Å². The van der Waals surface area contributed by atoms with Gasteiger partial charge < -0.3 is 16.8 Å². The standard InChI is InChI=1S/C16H19N5O3/c1-9(2)8-21-14(23)12(19-16(21)24)7-10-3-5-11(6-4-10)13(22)20-15(17)18/h3-7,9H,8H2,1-2H3,(H,19,24)(H4,17,18,20,22)/b12-7-. The topological polar surface area (TPSA) is 131 Å². The van der Waals surface area contributed by atoms with Crippen LogP contribution in [-0.2, 0) is 4.79 Å². The number of guanidine groups is 1. The van der Waals surface area contributed by atoms with E-state index in [4.69, 9.17) is 11.5 Å².